The molecule has 0 spiro atoms. The number of nitrogens with zero attached hydrogens (tertiary/aromatic N) is 2. The van der Waals surface area contributed by atoms with E-state index in [-0.39, 0.29) is 5.91 Å². The van der Waals surface area contributed by atoms with Crippen LogP contribution in [0.25, 0.3) is 0 Å². The number of carbonyl (C=O) groups is 1. The first-order valence-corrected chi connectivity index (χ1v) is 3.06. The average molecular weight is 138 g/mol. The third-order valence-corrected chi connectivity index (χ3v) is 1.47. The van der Waals surface area contributed by atoms with Crippen LogP contribution < -0.4 is 0 Å². The molecule has 0 bridgehead atoms. The fraction of sp³-hybridized carbons (Fsp3) is 0.286. The van der Waals surface area contributed by atoms with Gasteiger partial charge in [0.2, 0.25) is 5.91 Å². The van der Waals surface area contributed by atoms with Crippen molar-refractivity contribution in [1.29, 1.82) is 0 Å². The van der Waals surface area contributed by atoms with Crippen LogP contribution in [0.5, 0.6) is 0 Å². The number of rotatable bonds is 2. The van der Waals surface area contributed by atoms with Crippen LogP contribution in [-0.2, 0) is 4.79 Å². The summed E-state index contributed by atoms with van der Waals surface area (Å²) in [5.41, 5.74) is 0. The average Bonchev–Trinajstić information content (AvgIpc) is 2.30. The Balaban J connectivity index is 2.60. The predicted molar refractivity (Wildman–Crippen MR) is 38.8 cm³/mol. The second-order valence-corrected chi connectivity index (χ2v) is 2.12. The molecule has 1 amide bonds. The first kappa shape index (κ1) is 6.86. The van der Waals surface area contributed by atoms with Gasteiger partial charge in [-0.05, 0) is 6.20 Å². The van der Waals surface area contributed by atoms with Crippen molar-refractivity contribution >= 4 is 5.91 Å². The van der Waals surface area contributed by atoms with Crippen molar-refractivity contribution in [1.82, 2.24) is 9.80 Å². The Labute approximate surface area is 60.2 Å². The van der Waals surface area contributed by atoms with Crippen molar-refractivity contribution in [2.24, 2.45) is 0 Å². The Bertz CT molecular complexity index is 176. The van der Waals surface area contributed by atoms with Crippen LogP contribution in [0.15, 0.2) is 25.6 Å². The van der Waals surface area contributed by atoms with Gasteiger partial charge in [0.15, 0.2) is 0 Å². The molecule has 3 heteroatoms. The van der Waals surface area contributed by atoms with Gasteiger partial charge in [0, 0.05) is 6.20 Å². The molecule has 54 valence electrons. The summed E-state index contributed by atoms with van der Waals surface area (Å²) in [4.78, 5) is 14.3. The van der Waals surface area contributed by atoms with Gasteiger partial charge in [0.25, 0.3) is 0 Å². The van der Waals surface area contributed by atoms with Gasteiger partial charge in [-0.3, -0.25) is 9.69 Å². The van der Waals surface area contributed by atoms with E-state index in [9.17, 15) is 4.79 Å². The molecule has 0 N–H and O–H groups in total. The Morgan fingerprint density at radius 3 is 2.40 bits per heavy atom. The van der Waals surface area contributed by atoms with E-state index in [4.69, 9.17) is 0 Å². The van der Waals surface area contributed by atoms with E-state index in [0.29, 0.717) is 13.2 Å². The summed E-state index contributed by atoms with van der Waals surface area (Å²) in [5.74, 6) is 0.0786. The van der Waals surface area contributed by atoms with Gasteiger partial charge in [-0.15, -0.1) is 0 Å². The lowest BCUT2D eigenvalue weighted by Crippen LogP contribution is -2.18. The van der Waals surface area contributed by atoms with E-state index in [1.165, 1.54) is 6.20 Å². The Kier molecular flexibility index (Phi) is 1.76. The van der Waals surface area contributed by atoms with Crippen molar-refractivity contribution in [2.45, 2.75) is 0 Å². The highest BCUT2D eigenvalue weighted by Crippen LogP contribution is 2.05. The second kappa shape index (κ2) is 2.56. The molecule has 0 aromatic rings. The zero-order valence-electron chi connectivity index (χ0n) is 5.79. The Hall–Kier alpha value is -1.25. The minimum absolute atomic E-state index is 0.0786. The van der Waals surface area contributed by atoms with Crippen LogP contribution in [0.4, 0.5) is 0 Å². The summed E-state index contributed by atoms with van der Waals surface area (Å²) >= 11 is 0. The van der Waals surface area contributed by atoms with E-state index in [0.717, 1.165) is 0 Å². The standard InChI is InChI=1S/C7H10N2O/c1-3-8-5-7(10)9(4-2)6-8/h3-4H,1-2,5-6H2. The maximum atomic E-state index is 10.9. The van der Waals surface area contributed by atoms with Crippen LogP contribution in [0.3, 0.4) is 0 Å². The lowest BCUT2D eigenvalue weighted by Gasteiger charge is -2.10. The van der Waals surface area contributed by atoms with Gasteiger partial charge in [-0.1, -0.05) is 13.2 Å². The topological polar surface area (TPSA) is 23.6 Å². The molecular weight excluding hydrogens is 128 g/mol. The monoisotopic (exact) mass is 138 g/mol. The Morgan fingerprint density at radius 2 is 2.10 bits per heavy atom. The molecule has 0 aromatic carbocycles. The zero-order valence-corrected chi connectivity index (χ0v) is 5.79. The SMILES string of the molecule is C=CN1CC(=O)N(C=C)C1. The van der Waals surface area contributed by atoms with Crippen LogP contribution in [0.2, 0.25) is 0 Å². The lowest BCUT2D eigenvalue weighted by atomic mass is 10.6. The highest BCUT2D eigenvalue weighted by molar-refractivity contribution is 5.81. The van der Waals surface area contributed by atoms with E-state index in [1.807, 2.05) is 4.90 Å². The molecule has 1 heterocycles. The molecule has 1 aliphatic heterocycles. The predicted octanol–water partition coefficient (Wildman–Crippen LogP) is 0.375. The molecular formula is C7H10N2O. The summed E-state index contributed by atoms with van der Waals surface area (Å²) in [6, 6.07) is 0. The third kappa shape index (κ3) is 1.03. The van der Waals surface area contributed by atoms with Gasteiger partial charge in [0.1, 0.15) is 0 Å². The van der Waals surface area contributed by atoms with Crippen LogP contribution in [-0.4, -0.2) is 28.9 Å². The molecule has 10 heavy (non-hydrogen) atoms. The molecule has 3 nitrogen and oxygen atoms in total. The fourth-order valence-electron chi connectivity index (χ4n) is 0.871. The third-order valence-electron chi connectivity index (χ3n) is 1.47. The van der Waals surface area contributed by atoms with Crippen molar-refractivity contribution in [3.63, 3.8) is 0 Å². The van der Waals surface area contributed by atoms with E-state index in [2.05, 4.69) is 13.2 Å². The maximum Gasteiger partial charge on any atom is 0.247 e. The summed E-state index contributed by atoms with van der Waals surface area (Å²) in [6.45, 7) is 8.08. The fourth-order valence-corrected chi connectivity index (χ4v) is 0.871. The molecule has 0 atom stereocenters. The quantitative estimate of drug-likeness (QED) is 0.550. The molecule has 0 aromatic heterocycles. The summed E-state index contributed by atoms with van der Waals surface area (Å²) < 4.78 is 0. The van der Waals surface area contributed by atoms with Crippen molar-refractivity contribution in [2.75, 3.05) is 13.2 Å². The van der Waals surface area contributed by atoms with Gasteiger partial charge < -0.3 is 4.90 Å². The maximum absolute atomic E-state index is 10.9. The van der Waals surface area contributed by atoms with E-state index in [1.54, 1.807) is 11.1 Å². The van der Waals surface area contributed by atoms with Gasteiger partial charge in [0.05, 0.1) is 13.2 Å². The normalized spacial score (nSPS) is 17.8. The summed E-state index contributed by atoms with van der Waals surface area (Å²) in [5, 5.41) is 0. The highest BCUT2D eigenvalue weighted by atomic mass is 16.2. The van der Waals surface area contributed by atoms with E-state index < -0.39 is 0 Å². The summed E-state index contributed by atoms with van der Waals surface area (Å²) in [7, 11) is 0. The van der Waals surface area contributed by atoms with E-state index >= 15 is 0 Å². The smallest absolute Gasteiger partial charge is 0.247 e. The molecule has 1 fully saturated rings. The molecule has 0 radical (unpaired) electrons. The lowest BCUT2D eigenvalue weighted by molar-refractivity contribution is -0.124. The summed E-state index contributed by atoms with van der Waals surface area (Å²) in [6.07, 6.45) is 3.19. The van der Waals surface area contributed by atoms with Crippen molar-refractivity contribution in [3.8, 4) is 0 Å². The Morgan fingerprint density at radius 1 is 1.40 bits per heavy atom. The zero-order chi connectivity index (χ0) is 7.56. The number of amides is 1. The van der Waals surface area contributed by atoms with Gasteiger partial charge in [-0.25, -0.2) is 0 Å². The molecule has 0 aliphatic carbocycles. The van der Waals surface area contributed by atoms with Crippen molar-refractivity contribution in [3.05, 3.63) is 25.6 Å². The number of carbonyl (C=O) groups excluding carboxylic acids is 1. The first-order chi connectivity index (χ1) is 4.77. The van der Waals surface area contributed by atoms with Gasteiger partial charge in [-0.2, -0.15) is 0 Å². The molecule has 1 rings (SSSR count). The van der Waals surface area contributed by atoms with Crippen LogP contribution >= 0.6 is 0 Å². The molecule has 1 saturated heterocycles. The molecule has 0 saturated carbocycles. The molecule has 0 unspecified atom stereocenters. The minimum Gasteiger partial charge on any atom is -0.351 e. The van der Waals surface area contributed by atoms with Crippen LogP contribution in [0.1, 0.15) is 0 Å². The number of hydrogen-bond acceptors (Lipinski definition) is 2. The first-order valence-electron chi connectivity index (χ1n) is 3.06. The number of hydrogen-bond donors (Lipinski definition) is 0. The largest absolute Gasteiger partial charge is 0.351 e. The van der Waals surface area contributed by atoms with Crippen LogP contribution in [0, 0.1) is 0 Å². The second-order valence-electron chi connectivity index (χ2n) is 2.12. The minimum atomic E-state index is 0.0786. The van der Waals surface area contributed by atoms with Gasteiger partial charge >= 0.3 is 0 Å². The van der Waals surface area contributed by atoms with Crippen molar-refractivity contribution < 1.29 is 4.79 Å². The highest BCUT2D eigenvalue weighted by Gasteiger charge is 2.21. The molecule has 1 aliphatic rings.